The van der Waals surface area contributed by atoms with Crippen molar-refractivity contribution in [2.24, 2.45) is 0 Å². The molecule has 0 spiro atoms. The molecule has 26 heavy (non-hydrogen) atoms. The molecule has 2 N–H and O–H groups in total. The van der Waals surface area contributed by atoms with E-state index in [9.17, 15) is 14.9 Å². The van der Waals surface area contributed by atoms with Crippen LogP contribution < -0.4 is 10.6 Å². The molecule has 0 aliphatic carbocycles. The lowest BCUT2D eigenvalue weighted by Gasteiger charge is -2.07. The van der Waals surface area contributed by atoms with Crippen LogP contribution in [0.3, 0.4) is 0 Å². The lowest BCUT2D eigenvalue weighted by Crippen LogP contribution is -2.34. The van der Waals surface area contributed by atoms with E-state index in [-0.39, 0.29) is 16.4 Å². The molecule has 0 saturated heterocycles. The predicted molar refractivity (Wildman–Crippen MR) is 106 cm³/mol. The van der Waals surface area contributed by atoms with Gasteiger partial charge < -0.3 is 5.32 Å². The molecule has 0 aliphatic heterocycles. The van der Waals surface area contributed by atoms with Crippen molar-refractivity contribution in [1.29, 1.82) is 0 Å². The molecule has 2 aromatic carbocycles. The minimum Gasteiger partial charge on any atom is -0.308 e. The van der Waals surface area contributed by atoms with E-state index in [1.165, 1.54) is 29.5 Å². The first-order valence-electron chi connectivity index (χ1n) is 7.59. The number of carbonyl (C=O) groups is 1. The van der Waals surface area contributed by atoms with Gasteiger partial charge >= 0.3 is 0 Å². The minimum absolute atomic E-state index is 0.0301. The lowest BCUT2D eigenvalue weighted by molar-refractivity contribution is -0.385. The monoisotopic (exact) mass is 386 g/mol. The highest BCUT2D eigenvalue weighted by atomic mass is 32.1. The summed E-state index contributed by atoms with van der Waals surface area (Å²) in [6.07, 6.45) is 0. The number of para-hydroxylation sites is 1. The summed E-state index contributed by atoms with van der Waals surface area (Å²) in [6.45, 7) is 3.97. The van der Waals surface area contributed by atoms with Crippen LogP contribution in [0.4, 0.5) is 10.8 Å². The Bertz CT molecular complexity index is 1010. The SMILES string of the molecule is Cc1ccc(C)c2sc(NC(=S)NC(=O)c3ccccc3[N+](=O)[O-])nc12. The van der Waals surface area contributed by atoms with Gasteiger partial charge in [0.15, 0.2) is 10.2 Å². The number of hydrogen-bond donors (Lipinski definition) is 2. The molecule has 3 rings (SSSR count). The number of nitro groups is 1. The van der Waals surface area contributed by atoms with Gasteiger partial charge in [0.05, 0.1) is 15.1 Å². The van der Waals surface area contributed by atoms with Crippen molar-refractivity contribution >= 4 is 55.6 Å². The number of fused-ring (bicyclic) bond motifs is 1. The smallest absolute Gasteiger partial charge is 0.282 e. The number of carbonyl (C=O) groups excluding carboxylic acids is 1. The Labute approximate surface area is 158 Å². The van der Waals surface area contributed by atoms with Gasteiger partial charge in [-0.05, 0) is 43.3 Å². The maximum atomic E-state index is 12.3. The molecule has 132 valence electrons. The summed E-state index contributed by atoms with van der Waals surface area (Å²) in [5.41, 5.74) is 2.69. The van der Waals surface area contributed by atoms with Gasteiger partial charge in [-0.2, -0.15) is 0 Å². The molecular formula is C17H14N4O3S2. The molecule has 0 saturated carbocycles. The number of nitro benzene ring substituents is 1. The van der Waals surface area contributed by atoms with Crippen LogP contribution in [0.2, 0.25) is 0 Å². The summed E-state index contributed by atoms with van der Waals surface area (Å²) in [5, 5.41) is 16.9. The Balaban J connectivity index is 1.77. The summed E-state index contributed by atoms with van der Waals surface area (Å²) >= 11 is 6.57. The van der Waals surface area contributed by atoms with Gasteiger partial charge in [0.1, 0.15) is 5.56 Å². The van der Waals surface area contributed by atoms with E-state index in [0.29, 0.717) is 5.13 Å². The zero-order chi connectivity index (χ0) is 18.8. The largest absolute Gasteiger partial charge is 0.308 e. The highest BCUT2D eigenvalue weighted by Gasteiger charge is 2.20. The van der Waals surface area contributed by atoms with Gasteiger partial charge in [-0.3, -0.25) is 20.2 Å². The van der Waals surface area contributed by atoms with Gasteiger partial charge in [0.25, 0.3) is 11.6 Å². The maximum absolute atomic E-state index is 12.3. The molecule has 0 atom stereocenters. The number of thiocarbonyl (C=S) groups is 1. The first-order valence-corrected chi connectivity index (χ1v) is 8.82. The second-order valence-electron chi connectivity index (χ2n) is 5.58. The number of thiazole rings is 1. The van der Waals surface area contributed by atoms with Crippen LogP contribution in [-0.2, 0) is 0 Å². The van der Waals surface area contributed by atoms with Crippen molar-refractivity contribution in [3.05, 3.63) is 63.2 Å². The van der Waals surface area contributed by atoms with Crippen LogP contribution in [0.25, 0.3) is 10.2 Å². The molecule has 3 aromatic rings. The van der Waals surface area contributed by atoms with Crippen molar-refractivity contribution in [3.63, 3.8) is 0 Å². The van der Waals surface area contributed by atoms with E-state index >= 15 is 0 Å². The molecule has 0 radical (unpaired) electrons. The van der Waals surface area contributed by atoms with Gasteiger partial charge in [-0.25, -0.2) is 4.98 Å². The highest BCUT2D eigenvalue weighted by Crippen LogP contribution is 2.30. The minimum atomic E-state index is -0.650. The number of amides is 1. The van der Waals surface area contributed by atoms with Crippen LogP contribution in [0.5, 0.6) is 0 Å². The van der Waals surface area contributed by atoms with Crippen molar-refractivity contribution in [3.8, 4) is 0 Å². The molecule has 0 fully saturated rings. The molecule has 0 bridgehead atoms. The van der Waals surface area contributed by atoms with E-state index in [1.54, 1.807) is 6.07 Å². The number of hydrogen-bond acceptors (Lipinski definition) is 6. The Morgan fingerprint density at radius 1 is 1.19 bits per heavy atom. The molecule has 1 amide bonds. The molecule has 9 heteroatoms. The summed E-state index contributed by atoms with van der Waals surface area (Å²) < 4.78 is 1.04. The Kier molecular flexibility index (Phi) is 4.92. The van der Waals surface area contributed by atoms with E-state index in [1.807, 2.05) is 26.0 Å². The van der Waals surface area contributed by atoms with Crippen LogP contribution in [0.15, 0.2) is 36.4 Å². The zero-order valence-electron chi connectivity index (χ0n) is 13.9. The third kappa shape index (κ3) is 3.53. The third-order valence-corrected chi connectivity index (χ3v) is 5.05. The Morgan fingerprint density at radius 3 is 2.58 bits per heavy atom. The van der Waals surface area contributed by atoms with Crippen LogP contribution in [0, 0.1) is 24.0 Å². The number of aromatic nitrogens is 1. The summed E-state index contributed by atoms with van der Waals surface area (Å²) in [5.74, 6) is -0.650. The molecule has 7 nitrogen and oxygen atoms in total. The van der Waals surface area contributed by atoms with E-state index in [0.717, 1.165) is 21.3 Å². The van der Waals surface area contributed by atoms with Gasteiger partial charge in [0, 0.05) is 6.07 Å². The number of nitrogens with zero attached hydrogens (tertiary/aromatic N) is 2. The normalized spacial score (nSPS) is 10.5. The van der Waals surface area contributed by atoms with Crippen molar-refractivity contribution < 1.29 is 9.72 Å². The van der Waals surface area contributed by atoms with Crippen molar-refractivity contribution in [2.75, 3.05) is 5.32 Å². The van der Waals surface area contributed by atoms with E-state index < -0.39 is 10.8 Å². The first-order chi connectivity index (χ1) is 12.4. The second kappa shape index (κ2) is 7.14. The molecule has 0 unspecified atom stereocenters. The average molecular weight is 386 g/mol. The Morgan fingerprint density at radius 2 is 1.88 bits per heavy atom. The lowest BCUT2D eigenvalue weighted by atomic mass is 10.1. The quantitative estimate of drug-likeness (QED) is 0.402. The fourth-order valence-corrected chi connectivity index (χ4v) is 3.71. The first kappa shape index (κ1) is 17.9. The van der Waals surface area contributed by atoms with Crippen LogP contribution >= 0.6 is 23.6 Å². The fourth-order valence-electron chi connectivity index (χ4n) is 2.44. The Hall–Kier alpha value is -2.91. The van der Waals surface area contributed by atoms with Gasteiger partial charge in [-0.1, -0.05) is 35.6 Å². The summed E-state index contributed by atoms with van der Waals surface area (Å²) in [4.78, 5) is 27.2. The van der Waals surface area contributed by atoms with Crippen LogP contribution in [0.1, 0.15) is 21.5 Å². The number of nitrogens with one attached hydrogen (secondary N) is 2. The standard InChI is InChI=1S/C17H14N4O3S2/c1-9-7-8-10(2)14-13(9)18-17(26-14)20-16(25)19-15(22)11-5-3-4-6-12(11)21(23)24/h3-8H,1-2H3,(H2,18,19,20,22,25). The third-order valence-electron chi connectivity index (χ3n) is 3.74. The number of aryl methyl sites for hydroxylation is 2. The second-order valence-corrected chi connectivity index (χ2v) is 6.99. The maximum Gasteiger partial charge on any atom is 0.282 e. The highest BCUT2D eigenvalue weighted by molar-refractivity contribution is 7.80. The predicted octanol–water partition coefficient (Wildman–Crippen LogP) is 3.95. The van der Waals surface area contributed by atoms with Gasteiger partial charge in [0.2, 0.25) is 0 Å². The van der Waals surface area contributed by atoms with E-state index in [2.05, 4.69) is 15.6 Å². The van der Waals surface area contributed by atoms with E-state index in [4.69, 9.17) is 12.2 Å². The molecule has 0 aliphatic rings. The zero-order valence-corrected chi connectivity index (χ0v) is 15.5. The summed E-state index contributed by atoms with van der Waals surface area (Å²) in [7, 11) is 0. The summed E-state index contributed by atoms with van der Waals surface area (Å²) in [6, 6.07) is 9.71. The fraction of sp³-hybridized carbons (Fsp3) is 0.118. The topological polar surface area (TPSA) is 97.2 Å². The molecule has 1 heterocycles. The van der Waals surface area contributed by atoms with Crippen molar-refractivity contribution in [2.45, 2.75) is 13.8 Å². The number of rotatable bonds is 3. The van der Waals surface area contributed by atoms with Gasteiger partial charge in [-0.15, -0.1) is 0 Å². The molecule has 1 aromatic heterocycles. The van der Waals surface area contributed by atoms with Crippen molar-refractivity contribution in [1.82, 2.24) is 10.3 Å². The number of benzene rings is 2. The molecular weight excluding hydrogens is 372 g/mol. The average Bonchev–Trinajstić information content (AvgIpc) is 3.03. The number of anilines is 1. The van der Waals surface area contributed by atoms with Crippen LogP contribution in [-0.4, -0.2) is 20.9 Å².